The first-order valence-corrected chi connectivity index (χ1v) is 5.90. The predicted molar refractivity (Wildman–Crippen MR) is 68.3 cm³/mol. The maximum atomic E-state index is 5.29. The Hall–Kier alpha value is -1.67. The Morgan fingerprint density at radius 1 is 1.39 bits per heavy atom. The topological polar surface area (TPSA) is 101 Å². The Kier molecular flexibility index (Phi) is 4.11. The van der Waals surface area contributed by atoms with Gasteiger partial charge in [0.15, 0.2) is 0 Å². The van der Waals surface area contributed by atoms with Gasteiger partial charge < -0.3 is 15.0 Å². The number of anilines is 2. The van der Waals surface area contributed by atoms with Crippen molar-refractivity contribution in [1.29, 1.82) is 0 Å². The van der Waals surface area contributed by atoms with Gasteiger partial charge in [-0.15, -0.1) is 0 Å². The minimum Gasteiger partial charge on any atom is -0.467 e. The molecular formula is C10H19N7O. The van der Waals surface area contributed by atoms with Crippen LogP contribution in [0.1, 0.15) is 6.42 Å². The summed E-state index contributed by atoms with van der Waals surface area (Å²) in [7, 11) is 3.63. The fraction of sp³-hybridized carbons (Fsp3) is 0.700. The molecule has 0 bridgehead atoms. The molecule has 8 heteroatoms. The van der Waals surface area contributed by atoms with E-state index in [1.807, 2.05) is 0 Å². The summed E-state index contributed by atoms with van der Waals surface area (Å²) >= 11 is 0. The molecule has 1 aliphatic rings. The lowest BCUT2D eigenvalue weighted by Gasteiger charge is -2.12. The van der Waals surface area contributed by atoms with Gasteiger partial charge in [-0.05, 0) is 25.9 Å². The average molecular weight is 253 g/mol. The van der Waals surface area contributed by atoms with Gasteiger partial charge in [0.2, 0.25) is 11.9 Å². The molecule has 1 fully saturated rings. The van der Waals surface area contributed by atoms with E-state index in [0.29, 0.717) is 11.9 Å². The maximum Gasteiger partial charge on any atom is 0.322 e. The molecule has 1 aromatic heterocycles. The molecule has 0 saturated carbocycles. The number of nitrogen functional groups attached to an aromatic ring is 1. The van der Waals surface area contributed by atoms with Gasteiger partial charge in [-0.25, -0.2) is 5.84 Å². The molecule has 2 heterocycles. The number of methoxy groups -OCH3 is 1. The summed E-state index contributed by atoms with van der Waals surface area (Å²) in [5.74, 6) is 6.66. The van der Waals surface area contributed by atoms with E-state index in [0.717, 1.165) is 19.6 Å². The SMILES string of the molecule is COc1nc(NN)nc(NCC2CCN(C)C2)n1. The van der Waals surface area contributed by atoms with Crippen molar-refractivity contribution in [2.75, 3.05) is 44.5 Å². The lowest BCUT2D eigenvalue weighted by Crippen LogP contribution is -2.20. The molecule has 1 aromatic rings. The van der Waals surface area contributed by atoms with Crippen molar-refractivity contribution < 1.29 is 4.74 Å². The van der Waals surface area contributed by atoms with Crippen molar-refractivity contribution >= 4 is 11.9 Å². The molecule has 0 aliphatic carbocycles. The minimum absolute atomic E-state index is 0.240. The molecule has 18 heavy (non-hydrogen) atoms. The number of hydrogen-bond acceptors (Lipinski definition) is 8. The van der Waals surface area contributed by atoms with Gasteiger partial charge in [0, 0.05) is 13.1 Å². The number of hydrogen-bond donors (Lipinski definition) is 3. The second-order valence-electron chi connectivity index (χ2n) is 4.41. The number of nitrogens with one attached hydrogen (secondary N) is 2. The van der Waals surface area contributed by atoms with E-state index in [9.17, 15) is 0 Å². The van der Waals surface area contributed by atoms with Crippen LogP contribution in [0.3, 0.4) is 0 Å². The zero-order valence-electron chi connectivity index (χ0n) is 10.7. The number of aromatic nitrogens is 3. The van der Waals surface area contributed by atoms with Crippen molar-refractivity contribution in [3.8, 4) is 6.01 Å². The summed E-state index contributed by atoms with van der Waals surface area (Å²) in [5.41, 5.74) is 2.39. The van der Waals surface area contributed by atoms with Crippen molar-refractivity contribution in [3.05, 3.63) is 0 Å². The zero-order valence-corrected chi connectivity index (χ0v) is 10.7. The van der Waals surface area contributed by atoms with Crippen LogP contribution in [0.5, 0.6) is 6.01 Å². The fourth-order valence-electron chi connectivity index (χ4n) is 2.02. The molecule has 1 atom stereocenters. The molecule has 1 aliphatic heterocycles. The van der Waals surface area contributed by atoms with Gasteiger partial charge in [-0.3, -0.25) is 5.43 Å². The summed E-state index contributed by atoms with van der Waals surface area (Å²) in [6.45, 7) is 3.07. The van der Waals surface area contributed by atoms with Crippen molar-refractivity contribution in [1.82, 2.24) is 19.9 Å². The van der Waals surface area contributed by atoms with Crippen LogP contribution in [0.25, 0.3) is 0 Å². The van der Waals surface area contributed by atoms with E-state index in [-0.39, 0.29) is 12.0 Å². The van der Waals surface area contributed by atoms with Gasteiger partial charge in [-0.1, -0.05) is 0 Å². The predicted octanol–water partition coefficient (Wildman–Crippen LogP) is -0.471. The quantitative estimate of drug-likeness (QED) is 0.478. The average Bonchev–Trinajstić information content (AvgIpc) is 2.81. The normalized spacial score (nSPS) is 19.8. The summed E-state index contributed by atoms with van der Waals surface area (Å²) < 4.78 is 4.98. The van der Waals surface area contributed by atoms with Crippen LogP contribution < -0.4 is 21.3 Å². The maximum absolute atomic E-state index is 5.29. The number of likely N-dealkylation sites (tertiary alicyclic amines) is 1. The van der Waals surface area contributed by atoms with Crippen LogP contribution in [0, 0.1) is 5.92 Å². The molecule has 4 N–H and O–H groups in total. The zero-order chi connectivity index (χ0) is 13.0. The Bertz CT molecular complexity index is 378. The van der Waals surface area contributed by atoms with Gasteiger partial charge in [0.25, 0.3) is 0 Å². The summed E-state index contributed by atoms with van der Waals surface area (Å²) in [4.78, 5) is 14.5. The molecule has 2 rings (SSSR count). The number of ether oxygens (including phenoxy) is 1. The van der Waals surface area contributed by atoms with Crippen molar-refractivity contribution in [3.63, 3.8) is 0 Å². The van der Waals surface area contributed by atoms with Crippen LogP contribution >= 0.6 is 0 Å². The van der Waals surface area contributed by atoms with E-state index in [1.54, 1.807) is 0 Å². The Morgan fingerprint density at radius 3 is 2.78 bits per heavy atom. The highest BCUT2D eigenvalue weighted by atomic mass is 16.5. The highest BCUT2D eigenvalue weighted by Crippen LogP contribution is 2.15. The highest BCUT2D eigenvalue weighted by Gasteiger charge is 2.19. The Morgan fingerprint density at radius 2 is 2.17 bits per heavy atom. The fourth-order valence-corrected chi connectivity index (χ4v) is 2.02. The molecule has 0 radical (unpaired) electrons. The van der Waals surface area contributed by atoms with Crippen LogP contribution in [0.2, 0.25) is 0 Å². The first-order valence-electron chi connectivity index (χ1n) is 5.90. The third-order valence-corrected chi connectivity index (χ3v) is 2.96. The third-order valence-electron chi connectivity index (χ3n) is 2.96. The smallest absolute Gasteiger partial charge is 0.322 e. The van der Waals surface area contributed by atoms with Crippen LogP contribution in [-0.4, -0.2) is 53.6 Å². The van der Waals surface area contributed by atoms with Gasteiger partial charge >= 0.3 is 6.01 Å². The lowest BCUT2D eigenvalue weighted by molar-refractivity contribution is 0.379. The summed E-state index contributed by atoms with van der Waals surface area (Å²) in [6.07, 6.45) is 1.19. The Labute approximate surface area is 106 Å². The van der Waals surface area contributed by atoms with Crippen LogP contribution in [-0.2, 0) is 0 Å². The third kappa shape index (κ3) is 3.17. The molecule has 1 unspecified atom stereocenters. The van der Waals surface area contributed by atoms with Crippen LogP contribution in [0.4, 0.5) is 11.9 Å². The largest absolute Gasteiger partial charge is 0.467 e. The number of hydrazine groups is 1. The number of nitrogens with zero attached hydrogens (tertiary/aromatic N) is 4. The van der Waals surface area contributed by atoms with E-state index >= 15 is 0 Å². The molecule has 0 spiro atoms. The monoisotopic (exact) mass is 253 g/mol. The molecule has 0 aromatic carbocycles. The van der Waals surface area contributed by atoms with Gasteiger partial charge in [-0.2, -0.15) is 15.0 Å². The molecule has 8 nitrogen and oxygen atoms in total. The van der Waals surface area contributed by atoms with Gasteiger partial charge in [0.1, 0.15) is 0 Å². The Balaban J connectivity index is 1.95. The van der Waals surface area contributed by atoms with Crippen LogP contribution in [0.15, 0.2) is 0 Å². The molecule has 0 amide bonds. The summed E-state index contributed by atoms with van der Waals surface area (Å²) in [6, 6.07) is 0.240. The van der Waals surface area contributed by atoms with Gasteiger partial charge in [0.05, 0.1) is 7.11 Å². The molecule has 1 saturated heterocycles. The molecular weight excluding hydrogens is 234 g/mol. The van der Waals surface area contributed by atoms with Crippen molar-refractivity contribution in [2.45, 2.75) is 6.42 Å². The van der Waals surface area contributed by atoms with E-state index in [1.165, 1.54) is 13.5 Å². The second-order valence-corrected chi connectivity index (χ2v) is 4.41. The standard InChI is InChI=1S/C10H19N7O/c1-17-4-3-7(6-17)5-12-8-13-9(16-11)15-10(14-8)18-2/h7H,3-6,11H2,1-2H3,(H2,12,13,14,15,16). The van der Waals surface area contributed by atoms with E-state index in [2.05, 4.69) is 37.6 Å². The van der Waals surface area contributed by atoms with E-state index < -0.39 is 0 Å². The second kappa shape index (κ2) is 5.78. The minimum atomic E-state index is 0.240. The highest BCUT2D eigenvalue weighted by molar-refractivity contribution is 5.34. The number of rotatable bonds is 5. The summed E-state index contributed by atoms with van der Waals surface area (Å²) in [5, 5.41) is 3.19. The first-order chi connectivity index (χ1) is 8.71. The van der Waals surface area contributed by atoms with E-state index in [4.69, 9.17) is 10.6 Å². The number of nitrogens with two attached hydrogens (primary N) is 1. The van der Waals surface area contributed by atoms with Crippen molar-refractivity contribution in [2.24, 2.45) is 11.8 Å². The molecule has 100 valence electrons. The lowest BCUT2D eigenvalue weighted by atomic mass is 10.1. The first kappa shape index (κ1) is 12.8.